The Morgan fingerprint density at radius 2 is 1.88 bits per heavy atom. The van der Waals surface area contributed by atoms with Crippen molar-refractivity contribution in [1.29, 1.82) is 0 Å². The van der Waals surface area contributed by atoms with Crippen LogP contribution in [0.2, 0.25) is 0 Å². The Labute approximate surface area is 197 Å². The maximum absolute atomic E-state index is 13.2. The van der Waals surface area contributed by atoms with Gasteiger partial charge in [-0.05, 0) is 37.1 Å². The van der Waals surface area contributed by atoms with E-state index in [1.54, 1.807) is 31.5 Å². The average molecular weight is 462 g/mol. The van der Waals surface area contributed by atoms with Crippen LogP contribution in [0, 0.1) is 12.3 Å². The molecular weight excluding hydrogens is 434 g/mol. The van der Waals surface area contributed by atoms with Gasteiger partial charge in [0, 0.05) is 50.9 Å². The molecule has 9 heteroatoms. The van der Waals surface area contributed by atoms with Gasteiger partial charge >= 0.3 is 0 Å². The molecule has 0 saturated carbocycles. The molecular formula is C25H27N5O4. The number of amides is 2. The summed E-state index contributed by atoms with van der Waals surface area (Å²) in [5.74, 6) is 1.58. The van der Waals surface area contributed by atoms with Gasteiger partial charge in [0.25, 0.3) is 11.8 Å². The molecule has 2 saturated heterocycles. The minimum absolute atomic E-state index is 0.00884. The average Bonchev–Trinajstić information content (AvgIpc) is 3.47. The maximum atomic E-state index is 13.2. The van der Waals surface area contributed by atoms with Crippen molar-refractivity contribution in [1.82, 2.24) is 25.0 Å². The van der Waals surface area contributed by atoms with Gasteiger partial charge in [0.1, 0.15) is 5.75 Å². The number of likely N-dealkylation sites (tertiary alicyclic amines) is 2. The van der Waals surface area contributed by atoms with Crippen LogP contribution in [0.1, 0.15) is 40.9 Å². The molecule has 1 spiro atoms. The van der Waals surface area contributed by atoms with E-state index in [1.165, 1.54) is 0 Å². The fourth-order valence-electron chi connectivity index (χ4n) is 5.05. The normalized spacial score (nSPS) is 19.4. The van der Waals surface area contributed by atoms with E-state index in [9.17, 15) is 9.59 Å². The van der Waals surface area contributed by atoms with Gasteiger partial charge in [0.15, 0.2) is 6.61 Å². The van der Waals surface area contributed by atoms with E-state index in [0.29, 0.717) is 49.3 Å². The van der Waals surface area contributed by atoms with Gasteiger partial charge in [-0.3, -0.25) is 14.6 Å². The SMILES string of the molecule is Cc1nnc(C2CN(C(=O)c3cccnc3)CC23CCN(C(=O)COc2ccccc2)CC3)o1. The molecule has 1 aromatic carbocycles. The Morgan fingerprint density at radius 1 is 1.09 bits per heavy atom. The zero-order valence-electron chi connectivity index (χ0n) is 19.1. The predicted octanol–water partition coefficient (Wildman–Crippen LogP) is 2.70. The number of rotatable bonds is 5. The third-order valence-electron chi connectivity index (χ3n) is 6.90. The van der Waals surface area contributed by atoms with Gasteiger partial charge in [-0.25, -0.2) is 0 Å². The van der Waals surface area contributed by atoms with E-state index in [-0.39, 0.29) is 29.8 Å². The summed E-state index contributed by atoms with van der Waals surface area (Å²) < 4.78 is 11.5. The van der Waals surface area contributed by atoms with Crippen LogP contribution in [-0.2, 0) is 4.79 Å². The highest BCUT2D eigenvalue weighted by atomic mass is 16.5. The number of carbonyl (C=O) groups is 2. The number of carbonyl (C=O) groups excluding carboxylic acids is 2. The van der Waals surface area contributed by atoms with Crippen LogP contribution in [0.5, 0.6) is 5.75 Å². The summed E-state index contributed by atoms with van der Waals surface area (Å²) in [6.45, 7) is 4.04. The first-order chi connectivity index (χ1) is 16.5. The van der Waals surface area contributed by atoms with Crippen LogP contribution >= 0.6 is 0 Å². The molecule has 1 atom stereocenters. The Hall–Kier alpha value is -3.75. The summed E-state index contributed by atoms with van der Waals surface area (Å²) in [7, 11) is 0. The summed E-state index contributed by atoms with van der Waals surface area (Å²) >= 11 is 0. The molecule has 4 heterocycles. The van der Waals surface area contributed by atoms with E-state index in [1.807, 2.05) is 40.1 Å². The molecule has 2 aliphatic rings. The lowest BCUT2D eigenvalue weighted by atomic mass is 9.70. The van der Waals surface area contributed by atoms with Crippen molar-refractivity contribution in [2.24, 2.45) is 5.41 Å². The van der Waals surface area contributed by atoms with Crippen molar-refractivity contribution in [2.45, 2.75) is 25.7 Å². The number of ether oxygens (including phenoxy) is 1. The molecule has 3 aromatic rings. The summed E-state index contributed by atoms with van der Waals surface area (Å²) in [5.41, 5.74) is 0.333. The number of piperidine rings is 1. The number of nitrogens with zero attached hydrogens (tertiary/aromatic N) is 5. The molecule has 176 valence electrons. The Balaban J connectivity index is 1.29. The minimum Gasteiger partial charge on any atom is -0.484 e. The predicted molar refractivity (Wildman–Crippen MR) is 122 cm³/mol. The van der Waals surface area contributed by atoms with E-state index < -0.39 is 0 Å². The summed E-state index contributed by atoms with van der Waals surface area (Å²) in [6.07, 6.45) is 4.73. The lowest BCUT2D eigenvalue weighted by Crippen LogP contribution is -2.47. The molecule has 2 aliphatic heterocycles. The van der Waals surface area contributed by atoms with E-state index in [0.717, 1.165) is 12.8 Å². The van der Waals surface area contributed by atoms with Gasteiger partial charge in [-0.1, -0.05) is 18.2 Å². The van der Waals surface area contributed by atoms with Crippen molar-refractivity contribution < 1.29 is 18.7 Å². The van der Waals surface area contributed by atoms with Crippen molar-refractivity contribution in [3.05, 3.63) is 72.2 Å². The second kappa shape index (κ2) is 9.24. The monoisotopic (exact) mass is 461 g/mol. The molecule has 2 fully saturated rings. The van der Waals surface area contributed by atoms with Crippen LogP contribution in [0.3, 0.4) is 0 Å². The molecule has 5 rings (SSSR count). The third-order valence-corrected chi connectivity index (χ3v) is 6.90. The fraction of sp³-hybridized carbons (Fsp3) is 0.400. The second-order valence-electron chi connectivity index (χ2n) is 8.98. The van der Waals surface area contributed by atoms with Gasteiger partial charge < -0.3 is 19.0 Å². The number of hydrogen-bond donors (Lipinski definition) is 0. The molecule has 9 nitrogen and oxygen atoms in total. The highest BCUT2D eigenvalue weighted by Gasteiger charge is 2.52. The topological polar surface area (TPSA) is 102 Å². The summed E-state index contributed by atoms with van der Waals surface area (Å²) in [5, 5.41) is 8.32. The first kappa shape index (κ1) is 22.1. The molecule has 1 unspecified atom stereocenters. The number of hydrogen-bond acceptors (Lipinski definition) is 7. The Morgan fingerprint density at radius 3 is 2.56 bits per heavy atom. The number of para-hydroxylation sites is 1. The minimum atomic E-state index is -0.228. The smallest absolute Gasteiger partial charge is 0.260 e. The quantitative estimate of drug-likeness (QED) is 0.576. The highest BCUT2D eigenvalue weighted by molar-refractivity contribution is 5.94. The third kappa shape index (κ3) is 4.37. The zero-order valence-corrected chi connectivity index (χ0v) is 19.1. The lowest BCUT2D eigenvalue weighted by Gasteiger charge is -2.41. The fourth-order valence-corrected chi connectivity index (χ4v) is 5.05. The molecule has 0 N–H and O–H groups in total. The Kier molecular flexibility index (Phi) is 6.00. The summed E-state index contributed by atoms with van der Waals surface area (Å²) in [4.78, 5) is 33.7. The van der Waals surface area contributed by atoms with Crippen LogP contribution in [0.4, 0.5) is 0 Å². The van der Waals surface area contributed by atoms with Gasteiger partial charge in [0.05, 0.1) is 11.5 Å². The molecule has 2 aromatic heterocycles. The van der Waals surface area contributed by atoms with Crippen LogP contribution in [0.15, 0.2) is 59.3 Å². The van der Waals surface area contributed by atoms with Crippen molar-refractivity contribution in [3.63, 3.8) is 0 Å². The summed E-state index contributed by atoms with van der Waals surface area (Å²) in [6, 6.07) is 12.9. The number of aromatic nitrogens is 3. The van der Waals surface area contributed by atoms with Crippen molar-refractivity contribution in [3.8, 4) is 5.75 Å². The molecule has 0 radical (unpaired) electrons. The lowest BCUT2D eigenvalue weighted by molar-refractivity contribution is -0.135. The van der Waals surface area contributed by atoms with Crippen LogP contribution in [-0.4, -0.2) is 69.6 Å². The van der Waals surface area contributed by atoms with Crippen molar-refractivity contribution >= 4 is 11.8 Å². The number of aryl methyl sites for hydroxylation is 1. The number of pyridine rings is 1. The first-order valence-corrected chi connectivity index (χ1v) is 11.5. The van der Waals surface area contributed by atoms with Gasteiger partial charge in [-0.15, -0.1) is 10.2 Å². The maximum Gasteiger partial charge on any atom is 0.260 e. The molecule has 2 amide bonds. The second-order valence-corrected chi connectivity index (χ2v) is 8.98. The molecule has 0 aliphatic carbocycles. The van der Waals surface area contributed by atoms with Crippen LogP contribution < -0.4 is 4.74 Å². The van der Waals surface area contributed by atoms with Crippen molar-refractivity contribution in [2.75, 3.05) is 32.8 Å². The Bertz CT molecular complexity index is 1140. The van der Waals surface area contributed by atoms with E-state index in [4.69, 9.17) is 9.15 Å². The van der Waals surface area contributed by atoms with Gasteiger partial charge in [-0.2, -0.15) is 0 Å². The van der Waals surface area contributed by atoms with E-state index >= 15 is 0 Å². The van der Waals surface area contributed by atoms with Crippen LogP contribution in [0.25, 0.3) is 0 Å². The van der Waals surface area contributed by atoms with Gasteiger partial charge in [0.2, 0.25) is 11.8 Å². The largest absolute Gasteiger partial charge is 0.484 e. The van der Waals surface area contributed by atoms with E-state index in [2.05, 4.69) is 15.2 Å². The standard InChI is InChI=1S/C25H27N5O4/c1-18-27-28-23(34-18)21-15-30(24(32)19-6-5-11-26-14-19)17-25(21)9-12-29(13-10-25)22(31)16-33-20-7-3-2-4-8-20/h2-8,11,14,21H,9-10,12-13,15-17H2,1H3. The number of benzene rings is 1. The molecule has 0 bridgehead atoms. The highest BCUT2D eigenvalue weighted by Crippen LogP contribution is 2.49. The molecule has 34 heavy (non-hydrogen) atoms. The zero-order chi connectivity index (χ0) is 23.5. The first-order valence-electron chi connectivity index (χ1n) is 11.5.